The fraction of sp³-hybridized carbons (Fsp3) is 0.435. The van der Waals surface area contributed by atoms with Crippen LogP contribution in [0.4, 0.5) is 5.69 Å². The first kappa shape index (κ1) is 20.1. The Balaban J connectivity index is 1.55. The van der Waals surface area contributed by atoms with Crippen molar-refractivity contribution in [1.82, 2.24) is 0 Å². The van der Waals surface area contributed by atoms with Crippen LogP contribution in [0.25, 0.3) is 0 Å². The topological polar surface area (TPSA) is 48.0 Å². The van der Waals surface area contributed by atoms with Crippen LogP contribution in [0.3, 0.4) is 0 Å². The zero-order chi connectivity index (χ0) is 20.1. The van der Waals surface area contributed by atoms with Gasteiger partial charge in [0.05, 0.1) is 32.5 Å². The van der Waals surface area contributed by atoms with Crippen LogP contribution >= 0.6 is 0 Å². The standard InChI is InChI=1S/C23H29NO4/c1-5-27-20-10-11-22(23(13-20)26-4)24-14-21(15-24)28-19-8-6-18(7-9-19)16(2)12-17(3)25/h6-11,13,16,21H,5,12,14-15H2,1-4H3/t16-/m1/s1. The van der Waals surface area contributed by atoms with E-state index in [0.717, 1.165) is 41.6 Å². The van der Waals surface area contributed by atoms with E-state index in [9.17, 15) is 4.79 Å². The van der Waals surface area contributed by atoms with Crippen LogP contribution in [0.1, 0.15) is 38.7 Å². The van der Waals surface area contributed by atoms with Gasteiger partial charge >= 0.3 is 0 Å². The van der Waals surface area contributed by atoms with Crippen LogP contribution in [-0.2, 0) is 4.79 Å². The van der Waals surface area contributed by atoms with Gasteiger partial charge in [-0.2, -0.15) is 0 Å². The van der Waals surface area contributed by atoms with Crippen LogP contribution in [-0.4, -0.2) is 38.7 Å². The smallest absolute Gasteiger partial charge is 0.145 e. The fourth-order valence-corrected chi connectivity index (χ4v) is 3.50. The number of hydrogen-bond donors (Lipinski definition) is 0. The van der Waals surface area contributed by atoms with E-state index < -0.39 is 0 Å². The number of hydrogen-bond acceptors (Lipinski definition) is 5. The summed E-state index contributed by atoms with van der Waals surface area (Å²) in [7, 11) is 1.68. The van der Waals surface area contributed by atoms with Crippen molar-refractivity contribution in [2.75, 3.05) is 31.7 Å². The minimum absolute atomic E-state index is 0.150. The lowest BCUT2D eigenvalue weighted by Gasteiger charge is -2.41. The van der Waals surface area contributed by atoms with Crippen molar-refractivity contribution in [3.8, 4) is 17.2 Å². The van der Waals surface area contributed by atoms with Crippen LogP contribution in [0, 0.1) is 0 Å². The van der Waals surface area contributed by atoms with E-state index in [1.54, 1.807) is 14.0 Å². The highest BCUT2D eigenvalue weighted by Crippen LogP contribution is 2.35. The molecule has 0 aromatic heterocycles. The summed E-state index contributed by atoms with van der Waals surface area (Å²) in [6, 6.07) is 14.0. The first-order valence-corrected chi connectivity index (χ1v) is 9.82. The molecule has 0 unspecified atom stereocenters. The third-order valence-corrected chi connectivity index (χ3v) is 5.00. The molecule has 2 aromatic carbocycles. The minimum atomic E-state index is 0.150. The molecule has 1 aliphatic heterocycles. The molecule has 150 valence electrons. The van der Waals surface area contributed by atoms with Gasteiger partial charge in [-0.3, -0.25) is 0 Å². The van der Waals surface area contributed by atoms with Crippen LogP contribution in [0.15, 0.2) is 42.5 Å². The third-order valence-electron chi connectivity index (χ3n) is 5.00. The predicted octanol–water partition coefficient (Wildman–Crippen LogP) is 4.44. The molecule has 5 nitrogen and oxygen atoms in total. The molecule has 1 atom stereocenters. The van der Waals surface area contributed by atoms with E-state index in [1.165, 1.54) is 0 Å². The molecule has 1 heterocycles. The first-order chi connectivity index (χ1) is 13.5. The highest BCUT2D eigenvalue weighted by Gasteiger charge is 2.30. The summed E-state index contributed by atoms with van der Waals surface area (Å²) < 4.78 is 17.1. The highest BCUT2D eigenvalue weighted by molar-refractivity contribution is 5.76. The summed E-state index contributed by atoms with van der Waals surface area (Å²) in [6.07, 6.45) is 0.721. The molecule has 0 N–H and O–H groups in total. The van der Waals surface area contributed by atoms with Gasteiger partial charge in [0.15, 0.2) is 0 Å². The van der Waals surface area contributed by atoms with E-state index in [-0.39, 0.29) is 17.8 Å². The molecule has 1 fully saturated rings. The lowest BCUT2D eigenvalue weighted by atomic mass is 9.96. The summed E-state index contributed by atoms with van der Waals surface area (Å²) in [5, 5.41) is 0. The van der Waals surface area contributed by atoms with Crippen molar-refractivity contribution in [2.45, 2.75) is 39.2 Å². The SMILES string of the molecule is CCOc1ccc(N2CC(Oc3ccc([C@H](C)CC(C)=O)cc3)C2)c(OC)c1. The Kier molecular flexibility index (Phi) is 6.45. The minimum Gasteiger partial charge on any atom is -0.494 e. The second-order valence-electron chi connectivity index (χ2n) is 7.29. The number of ether oxygens (including phenoxy) is 3. The van der Waals surface area contributed by atoms with Crippen molar-refractivity contribution >= 4 is 11.5 Å². The molecule has 28 heavy (non-hydrogen) atoms. The quantitative estimate of drug-likeness (QED) is 0.640. The molecule has 1 aliphatic rings. The number of Topliss-reactive ketones (excluding diaryl/α,β-unsaturated/α-hetero) is 1. The van der Waals surface area contributed by atoms with E-state index in [4.69, 9.17) is 14.2 Å². The monoisotopic (exact) mass is 383 g/mol. The fourth-order valence-electron chi connectivity index (χ4n) is 3.50. The predicted molar refractivity (Wildman–Crippen MR) is 111 cm³/mol. The number of methoxy groups -OCH3 is 1. The Morgan fingerprint density at radius 1 is 1.14 bits per heavy atom. The average Bonchev–Trinajstić information content (AvgIpc) is 2.65. The maximum absolute atomic E-state index is 11.3. The van der Waals surface area contributed by atoms with Gasteiger partial charge in [-0.25, -0.2) is 0 Å². The lowest BCUT2D eigenvalue weighted by molar-refractivity contribution is -0.117. The number of rotatable bonds is 9. The van der Waals surface area contributed by atoms with Gasteiger partial charge in [-0.05, 0) is 49.6 Å². The maximum atomic E-state index is 11.3. The summed E-state index contributed by atoms with van der Waals surface area (Å²) in [5.74, 6) is 2.94. The number of nitrogens with zero attached hydrogens (tertiary/aromatic N) is 1. The van der Waals surface area contributed by atoms with Crippen molar-refractivity contribution in [2.24, 2.45) is 0 Å². The number of anilines is 1. The number of carbonyl (C=O) groups excluding carboxylic acids is 1. The molecule has 0 aliphatic carbocycles. The number of benzene rings is 2. The normalized spacial score (nSPS) is 14.9. The van der Waals surface area contributed by atoms with E-state index >= 15 is 0 Å². The molecule has 0 amide bonds. The van der Waals surface area contributed by atoms with Crippen molar-refractivity contribution in [3.05, 3.63) is 48.0 Å². The Morgan fingerprint density at radius 2 is 1.82 bits per heavy atom. The second kappa shape index (κ2) is 9.00. The van der Waals surface area contributed by atoms with Crippen molar-refractivity contribution < 1.29 is 19.0 Å². The van der Waals surface area contributed by atoms with E-state index in [0.29, 0.717) is 13.0 Å². The van der Waals surface area contributed by atoms with Gasteiger partial charge in [0.25, 0.3) is 0 Å². The molecule has 0 spiro atoms. The third kappa shape index (κ3) is 4.77. The van der Waals surface area contributed by atoms with Gasteiger partial charge in [-0.1, -0.05) is 19.1 Å². The molecule has 5 heteroatoms. The highest BCUT2D eigenvalue weighted by atomic mass is 16.5. The van der Waals surface area contributed by atoms with Gasteiger partial charge in [0.2, 0.25) is 0 Å². The van der Waals surface area contributed by atoms with Crippen LogP contribution < -0.4 is 19.1 Å². The average molecular weight is 383 g/mol. The summed E-state index contributed by atoms with van der Waals surface area (Å²) in [4.78, 5) is 13.5. The zero-order valence-corrected chi connectivity index (χ0v) is 17.1. The van der Waals surface area contributed by atoms with Gasteiger partial charge in [-0.15, -0.1) is 0 Å². The summed E-state index contributed by atoms with van der Waals surface area (Å²) >= 11 is 0. The molecular weight excluding hydrogens is 354 g/mol. The molecule has 1 saturated heterocycles. The Bertz CT molecular complexity index is 797. The summed E-state index contributed by atoms with van der Waals surface area (Å²) in [6.45, 7) is 7.93. The van der Waals surface area contributed by atoms with Crippen molar-refractivity contribution in [3.63, 3.8) is 0 Å². The van der Waals surface area contributed by atoms with E-state index in [1.807, 2.05) is 37.3 Å². The molecular formula is C23H29NO4. The largest absolute Gasteiger partial charge is 0.494 e. The van der Waals surface area contributed by atoms with Gasteiger partial charge in [0.1, 0.15) is 29.1 Å². The van der Waals surface area contributed by atoms with E-state index in [2.05, 4.69) is 24.0 Å². The van der Waals surface area contributed by atoms with Crippen LogP contribution in [0.5, 0.6) is 17.2 Å². The van der Waals surface area contributed by atoms with Crippen LogP contribution in [0.2, 0.25) is 0 Å². The lowest BCUT2D eigenvalue weighted by Crippen LogP contribution is -2.54. The first-order valence-electron chi connectivity index (χ1n) is 9.82. The van der Waals surface area contributed by atoms with Gasteiger partial charge in [0, 0.05) is 12.5 Å². The molecule has 0 radical (unpaired) electrons. The molecule has 0 saturated carbocycles. The number of carbonyl (C=O) groups is 1. The summed E-state index contributed by atoms with van der Waals surface area (Å²) in [5.41, 5.74) is 2.22. The maximum Gasteiger partial charge on any atom is 0.145 e. The Labute approximate surface area is 167 Å². The molecule has 3 rings (SSSR count). The van der Waals surface area contributed by atoms with Crippen molar-refractivity contribution in [1.29, 1.82) is 0 Å². The number of ketones is 1. The molecule has 0 bridgehead atoms. The van der Waals surface area contributed by atoms with Gasteiger partial charge < -0.3 is 23.9 Å². The Hall–Kier alpha value is -2.69. The zero-order valence-electron chi connectivity index (χ0n) is 17.1. The Morgan fingerprint density at radius 3 is 2.43 bits per heavy atom. The molecule has 2 aromatic rings. The second-order valence-corrected chi connectivity index (χ2v) is 7.29.